The number of aliphatic hydroxyl groups is 1. The van der Waals surface area contributed by atoms with E-state index in [-0.39, 0.29) is 11.7 Å². The maximum Gasteiger partial charge on any atom is 0.251 e. The van der Waals surface area contributed by atoms with Crippen molar-refractivity contribution in [3.05, 3.63) is 125 Å². The molecule has 5 rings (SSSR count). The van der Waals surface area contributed by atoms with Crippen molar-refractivity contribution in [3.8, 4) is 11.1 Å². The van der Waals surface area contributed by atoms with Crippen molar-refractivity contribution >= 4 is 17.4 Å². The fraction of sp³-hybridized carbons (Fsp3) is 0.212. The zero-order valence-electron chi connectivity index (χ0n) is 22.1. The number of hydrogen-bond acceptors (Lipinski definition) is 3. The van der Waals surface area contributed by atoms with Crippen LogP contribution < -0.4 is 5.32 Å². The summed E-state index contributed by atoms with van der Waals surface area (Å²) < 4.78 is 13.2. The molecule has 0 radical (unpaired) electrons. The zero-order chi connectivity index (χ0) is 27.4. The van der Waals surface area contributed by atoms with E-state index >= 15 is 0 Å². The minimum absolute atomic E-state index is 0.226. The van der Waals surface area contributed by atoms with E-state index < -0.39 is 12.1 Å². The molecule has 1 aliphatic carbocycles. The largest absolute Gasteiger partial charge is 0.391 e. The molecule has 0 bridgehead atoms. The van der Waals surface area contributed by atoms with Crippen LogP contribution in [-0.4, -0.2) is 34.9 Å². The van der Waals surface area contributed by atoms with Gasteiger partial charge in [0.1, 0.15) is 11.7 Å². The number of aliphatic imine (C=N–C) groups is 1. The first-order valence-corrected chi connectivity index (χ1v) is 13.2. The van der Waals surface area contributed by atoms with Crippen LogP contribution in [0.15, 0.2) is 102 Å². The molecule has 5 nitrogen and oxygen atoms in total. The van der Waals surface area contributed by atoms with Gasteiger partial charge in [-0.3, -0.25) is 4.79 Å². The van der Waals surface area contributed by atoms with E-state index in [0.29, 0.717) is 18.5 Å². The second-order valence-corrected chi connectivity index (χ2v) is 10.0. The lowest BCUT2D eigenvalue weighted by Crippen LogP contribution is -2.39. The Bertz CT molecular complexity index is 1470. The average Bonchev–Trinajstić information content (AvgIpc) is 2.96. The predicted molar refractivity (Wildman–Crippen MR) is 153 cm³/mol. The number of fused-ring (bicyclic) bond motifs is 1. The Kier molecular flexibility index (Phi) is 7.84. The molecule has 0 heterocycles. The fourth-order valence-electron chi connectivity index (χ4n) is 4.94. The number of nitrogens with one attached hydrogen (secondary N) is 1. The van der Waals surface area contributed by atoms with Crippen LogP contribution in [0.5, 0.6) is 0 Å². The van der Waals surface area contributed by atoms with Gasteiger partial charge in [0.2, 0.25) is 0 Å². The van der Waals surface area contributed by atoms with E-state index in [1.54, 1.807) is 12.1 Å². The Morgan fingerprint density at radius 3 is 2.38 bits per heavy atom. The fourth-order valence-corrected chi connectivity index (χ4v) is 4.94. The summed E-state index contributed by atoms with van der Waals surface area (Å²) in [4.78, 5) is 20.0. The number of rotatable bonds is 6. The van der Waals surface area contributed by atoms with Crippen molar-refractivity contribution in [2.24, 2.45) is 4.99 Å². The second-order valence-electron chi connectivity index (χ2n) is 10.0. The van der Waals surface area contributed by atoms with Crippen LogP contribution in [0.2, 0.25) is 0 Å². The highest BCUT2D eigenvalue weighted by atomic mass is 19.1. The van der Waals surface area contributed by atoms with E-state index in [0.717, 1.165) is 45.8 Å². The second kappa shape index (κ2) is 11.6. The van der Waals surface area contributed by atoms with Gasteiger partial charge in [0.05, 0.1) is 17.8 Å². The van der Waals surface area contributed by atoms with Gasteiger partial charge in [-0.1, -0.05) is 60.7 Å². The Labute approximate surface area is 228 Å². The predicted octanol–water partition coefficient (Wildman–Crippen LogP) is 6.45. The molecule has 4 aromatic rings. The number of carbonyl (C=O) groups excluding carboxylic acids is 1. The number of amidine groups is 1. The minimum atomic E-state index is -0.688. The van der Waals surface area contributed by atoms with Crippen LogP contribution in [-0.2, 0) is 13.0 Å². The van der Waals surface area contributed by atoms with E-state index in [1.165, 1.54) is 12.1 Å². The smallest absolute Gasteiger partial charge is 0.251 e. The van der Waals surface area contributed by atoms with Crippen LogP contribution in [0, 0.1) is 5.82 Å². The number of aryl methyl sites for hydroxylation is 1. The first-order chi connectivity index (χ1) is 18.9. The van der Waals surface area contributed by atoms with Crippen molar-refractivity contribution in [1.29, 1.82) is 0 Å². The number of carbonyl (C=O) groups is 1. The van der Waals surface area contributed by atoms with Gasteiger partial charge >= 0.3 is 0 Å². The topological polar surface area (TPSA) is 64.9 Å². The lowest BCUT2D eigenvalue weighted by atomic mass is 9.85. The highest BCUT2D eigenvalue weighted by Gasteiger charge is 2.30. The van der Waals surface area contributed by atoms with Crippen molar-refractivity contribution in [3.63, 3.8) is 0 Å². The standard InChI is InChI=1S/C33H32FN3O2/c1-22(37(2)21-23-8-16-28(34)17-9-23)35-29-18-14-26-15-19-31(38)32(30(26)20-29)36-33(39)27-12-10-25(11-13-27)24-6-4-3-5-7-24/h3-14,16-18,20,31-32,38H,15,19,21H2,1-2H3,(H,36,39)/b35-22+/t31-,32-/m1/s1. The molecule has 0 aliphatic heterocycles. The first kappa shape index (κ1) is 26.3. The molecule has 0 saturated carbocycles. The molecule has 39 heavy (non-hydrogen) atoms. The molecule has 0 unspecified atom stereocenters. The summed E-state index contributed by atoms with van der Waals surface area (Å²) in [6, 6.07) is 29.4. The number of hydrogen-bond donors (Lipinski definition) is 2. The van der Waals surface area contributed by atoms with Crippen LogP contribution in [0.1, 0.15) is 46.4 Å². The summed E-state index contributed by atoms with van der Waals surface area (Å²) in [5.74, 6) is 0.319. The van der Waals surface area contributed by atoms with Crippen LogP contribution in [0.25, 0.3) is 11.1 Å². The maximum atomic E-state index is 13.2. The quantitative estimate of drug-likeness (QED) is 0.226. The third-order valence-electron chi connectivity index (χ3n) is 7.28. The van der Waals surface area contributed by atoms with Crippen molar-refractivity contribution in [2.45, 2.75) is 38.5 Å². The van der Waals surface area contributed by atoms with Crippen LogP contribution >= 0.6 is 0 Å². The highest BCUT2D eigenvalue weighted by Crippen LogP contribution is 2.33. The maximum absolute atomic E-state index is 13.2. The summed E-state index contributed by atoms with van der Waals surface area (Å²) in [5, 5.41) is 13.9. The lowest BCUT2D eigenvalue weighted by Gasteiger charge is -2.31. The van der Waals surface area contributed by atoms with Gasteiger partial charge < -0.3 is 15.3 Å². The van der Waals surface area contributed by atoms with Gasteiger partial charge in [-0.15, -0.1) is 0 Å². The molecule has 2 N–H and O–H groups in total. The molecule has 4 aromatic carbocycles. The molecule has 1 aliphatic rings. The third-order valence-corrected chi connectivity index (χ3v) is 7.28. The van der Waals surface area contributed by atoms with Gasteiger partial charge in [0.15, 0.2) is 0 Å². The van der Waals surface area contributed by atoms with Gasteiger partial charge in [-0.25, -0.2) is 9.38 Å². The van der Waals surface area contributed by atoms with Gasteiger partial charge in [0.25, 0.3) is 5.91 Å². The Hall–Kier alpha value is -4.29. The summed E-state index contributed by atoms with van der Waals surface area (Å²) in [7, 11) is 1.94. The SMILES string of the molecule is C/C(=N\c1ccc2c(c1)[C@@H](NC(=O)c1ccc(-c3ccccc3)cc1)[C@H](O)CC2)N(C)Cc1ccc(F)cc1. The van der Waals surface area contributed by atoms with Crippen LogP contribution in [0.3, 0.4) is 0 Å². The summed E-state index contributed by atoms with van der Waals surface area (Å²) >= 11 is 0. The molecule has 198 valence electrons. The van der Waals surface area contributed by atoms with Gasteiger partial charge in [-0.2, -0.15) is 0 Å². The van der Waals surface area contributed by atoms with E-state index in [2.05, 4.69) is 5.32 Å². The Balaban J connectivity index is 1.32. The monoisotopic (exact) mass is 521 g/mol. The van der Waals surface area contributed by atoms with E-state index in [1.807, 2.05) is 91.7 Å². The van der Waals surface area contributed by atoms with Crippen molar-refractivity contribution in [1.82, 2.24) is 10.2 Å². The van der Waals surface area contributed by atoms with E-state index in [4.69, 9.17) is 4.99 Å². The first-order valence-electron chi connectivity index (χ1n) is 13.2. The Morgan fingerprint density at radius 2 is 1.67 bits per heavy atom. The number of halogens is 1. The highest BCUT2D eigenvalue weighted by molar-refractivity contribution is 5.95. The molecule has 0 spiro atoms. The van der Waals surface area contributed by atoms with Gasteiger partial charge in [-0.05, 0) is 84.0 Å². The summed E-state index contributed by atoms with van der Waals surface area (Å²) in [6.07, 6.45) is 0.626. The summed E-state index contributed by atoms with van der Waals surface area (Å²) in [5.41, 5.74) is 6.39. The molecule has 0 aromatic heterocycles. The normalized spacial score (nSPS) is 16.9. The van der Waals surface area contributed by atoms with Gasteiger partial charge in [0, 0.05) is 19.2 Å². The van der Waals surface area contributed by atoms with Crippen molar-refractivity contribution in [2.75, 3.05) is 7.05 Å². The lowest BCUT2D eigenvalue weighted by molar-refractivity contribution is 0.0792. The summed E-state index contributed by atoms with van der Waals surface area (Å²) in [6.45, 7) is 2.52. The van der Waals surface area contributed by atoms with E-state index in [9.17, 15) is 14.3 Å². The zero-order valence-corrected chi connectivity index (χ0v) is 22.1. The molecule has 1 amide bonds. The minimum Gasteiger partial charge on any atom is -0.391 e. The molecular weight excluding hydrogens is 489 g/mol. The molecule has 6 heteroatoms. The molecular formula is C33H32FN3O2. The molecule has 2 atom stereocenters. The third kappa shape index (κ3) is 6.24. The number of amides is 1. The Morgan fingerprint density at radius 1 is 0.974 bits per heavy atom. The van der Waals surface area contributed by atoms with Crippen LogP contribution in [0.4, 0.5) is 10.1 Å². The molecule has 0 fully saturated rings. The average molecular weight is 522 g/mol. The number of benzene rings is 4. The van der Waals surface area contributed by atoms with Crippen molar-refractivity contribution < 1.29 is 14.3 Å². The number of aliphatic hydroxyl groups excluding tert-OH is 1. The molecule has 0 saturated heterocycles. The number of nitrogens with zero attached hydrogens (tertiary/aromatic N) is 2.